The molecule has 15 nitrogen and oxygen atoms in total. The molecule has 0 saturated heterocycles. The predicted octanol–water partition coefficient (Wildman–Crippen LogP) is 3.25. The Morgan fingerprint density at radius 3 is 2.44 bits per heavy atom. The van der Waals surface area contributed by atoms with Crippen LogP contribution in [-0.4, -0.2) is 85.4 Å². The van der Waals surface area contributed by atoms with E-state index in [4.69, 9.17) is 19.3 Å². The van der Waals surface area contributed by atoms with E-state index < -0.39 is 35.0 Å². The van der Waals surface area contributed by atoms with Gasteiger partial charge in [0.2, 0.25) is 0 Å². The van der Waals surface area contributed by atoms with Crippen LogP contribution >= 0.6 is 0 Å². The molecule has 0 aliphatic rings. The highest BCUT2D eigenvalue weighted by Gasteiger charge is 2.32. The smallest absolute Gasteiger partial charge is 0.422 e. The third-order valence-electron chi connectivity index (χ3n) is 7.63. The lowest BCUT2D eigenvalue weighted by molar-refractivity contribution is -0.757. The van der Waals surface area contributed by atoms with Gasteiger partial charge in [0.15, 0.2) is 6.61 Å². The van der Waals surface area contributed by atoms with Gasteiger partial charge in [0.1, 0.15) is 23.9 Å². The summed E-state index contributed by atoms with van der Waals surface area (Å²) in [5.41, 5.74) is 0.651. The van der Waals surface area contributed by atoms with E-state index in [0.717, 1.165) is 37.7 Å². The lowest BCUT2D eigenvalue weighted by atomic mass is 9.74. The summed E-state index contributed by atoms with van der Waals surface area (Å²) >= 11 is 0. The molecule has 4 N–H and O–H groups in total. The molecule has 2 aromatic carbocycles. The first kappa shape index (κ1) is 41.1. The number of ether oxygens (including phenoxy) is 3. The number of unbranched alkanes of at least 4 members (excludes halogenated alkanes) is 3. The van der Waals surface area contributed by atoms with E-state index in [1.807, 2.05) is 36.2 Å². The largest absolute Gasteiger partial charge is 0.497 e. The fourth-order valence-corrected chi connectivity index (χ4v) is 5.10. The van der Waals surface area contributed by atoms with Gasteiger partial charge in [-0.2, -0.15) is 5.26 Å². The van der Waals surface area contributed by atoms with Gasteiger partial charge in [-0.25, -0.2) is 9.59 Å². The van der Waals surface area contributed by atoms with Gasteiger partial charge in [-0.15, -0.1) is 10.1 Å². The number of esters is 1. The molecule has 0 spiro atoms. The fourth-order valence-electron chi connectivity index (χ4n) is 5.10. The van der Waals surface area contributed by atoms with Gasteiger partial charge < -0.3 is 39.8 Å². The van der Waals surface area contributed by atoms with E-state index >= 15 is 0 Å². The highest BCUT2D eigenvalue weighted by atomic mass is 16.9. The summed E-state index contributed by atoms with van der Waals surface area (Å²) < 4.78 is 16.2. The molecule has 0 radical (unpaired) electrons. The minimum absolute atomic E-state index is 0. The SMILES string of the molecule is CCCCCCC(C#N)(CCCN(C)CCc1c(OCC(=O)NCCO[N+](=O)[O-])cccc1OC(=O)C(=O)O)c1cccc(OC)c1.O. The van der Waals surface area contributed by atoms with Crippen molar-refractivity contribution in [1.29, 1.82) is 5.26 Å². The van der Waals surface area contributed by atoms with Crippen molar-refractivity contribution in [2.24, 2.45) is 0 Å². The molecule has 0 aliphatic heterocycles. The average Bonchev–Trinajstić information content (AvgIpc) is 3.06. The molecule has 0 saturated carbocycles. The average molecular weight is 675 g/mol. The first-order valence-corrected chi connectivity index (χ1v) is 15.5. The zero-order chi connectivity index (χ0) is 34.7. The maximum absolute atomic E-state index is 12.2. The number of hydrogen-bond acceptors (Lipinski definition) is 11. The van der Waals surface area contributed by atoms with Crippen molar-refractivity contribution in [2.45, 2.75) is 63.7 Å². The van der Waals surface area contributed by atoms with Crippen molar-refractivity contribution in [1.82, 2.24) is 10.2 Å². The van der Waals surface area contributed by atoms with E-state index in [1.165, 1.54) is 12.1 Å². The van der Waals surface area contributed by atoms with Crippen LogP contribution in [0.15, 0.2) is 42.5 Å². The second-order valence-electron chi connectivity index (χ2n) is 11.0. The predicted molar refractivity (Wildman–Crippen MR) is 174 cm³/mol. The number of amides is 1. The molecule has 1 atom stereocenters. The number of carboxylic acids is 1. The molecule has 0 fully saturated rings. The van der Waals surface area contributed by atoms with E-state index in [0.29, 0.717) is 37.2 Å². The van der Waals surface area contributed by atoms with E-state index in [1.54, 1.807) is 13.2 Å². The molecule has 2 aromatic rings. The van der Waals surface area contributed by atoms with Gasteiger partial charge in [-0.3, -0.25) is 4.79 Å². The van der Waals surface area contributed by atoms with Crippen LogP contribution in [0.4, 0.5) is 0 Å². The quantitative estimate of drug-likeness (QED) is 0.0459. The lowest BCUT2D eigenvalue weighted by Gasteiger charge is -2.29. The Kier molecular flexibility index (Phi) is 18.6. The summed E-state index contributed by atoms with van der Waals surface area (Å²) in [5.74, 6) is -2.91. The minimum atomic E-state index is -1.76. The van der Waals surface area contributed by atoms with Crippen LogP contribution in [0, 0.1) is 21.4 Å². The van der Waals surface area contributed by atoms with E-state index in [2.05, 4.69) is 23.1 Å². The van der Waals surface area contributed by atoms with Gasteiger partial charge in [0, 0.05) is 18.7 Å². The van der Waals surface area contributed by atoms with Crippen molar-refractivity contribution >= 4 is 17.8 Å². The van der Waals surface area contributed by atoms with Gasteiger partial charge in [0.05, 0.1) is 18.6 Å². The fraction of sp³-hybridized carbons (Fsp3) is 0.515. The van der Waals surface area contributed by atoms with E-state index in [9.17, 15) is 29.8 Å². The zero-order valence-electron chi connectivity index (χ0n) is 27.7. The number of nitrogens with one attached hydrogen (secondary N) is 1. The molecule has 2 rings (SSSR count). The Morgan fingerprint density at radius 1 is 1.06 bits per heavy atom. The number of carbonyl (C=O) groups excluding carboxylic acids is 2. The molecule has 15 heteroatoms. The third kappa shape index (κ3) is 13.8. The monoisotopic (exact) mass is 674 g/mol. The molecule has 0 aliphatic carbocycles. The van der Waals surface area contributed by atoms with Gasteiger partial charge in [-0.05, 0) is 69.1 Å². The van der Waals surface area contributed by atoms with Crippen molar-refractivity contribution in [2.75, 3.05) is 47.0 Å². The number of likely N-dealkylation sites (N-methyl/N-ethyl adjacent to an activating group) is 1. The zero-order valence-corrected chi connectivity index (χ0v) is 27.7. The second kappa shape index (κ2) is 21.8. The summed E-state index contributed by atoms with van der Waals surface area (Å²) in [6.07, 6.45) is 6.57. The van der Waals surface area contributed by atoms with Gasteiger partial charge in [-0.1, -0.05) is 50.8 Å². The number of rotatable bonds is 22. The molecule has 48 heavy (non-hydrogen) atoms. The minimum Gasteiger partial charge on any atom is -0.497 e. The van der Waals surface area contributed by atoms with Crippen molar-refractivity contribution in [3.8, 4) is 23.3 Å². The molecule has 0 aromatic heterocycles. The molecule has 1 unspecified atom stereocenters. The molecule has 0 heterocycles. The number of aliphatic carboxylic acids is 1. The molecule has 0 bridgehead atoms. The summed E-state index contributed by atoms with van der Waals surface area (Å²) in [6, 6.07) is 14.8. The normalized spacial score (nSPS) is 11.7. The Bertz CT molecular complexity index is 1380. The van der Waals surface area contributed by atoms with Crippen LogP contribution < -0.4 is 19.5 Å². The molecular weight excluding hydrogens is 628 g/mol. The highest BCUT2D eigenvalue weighted by Crippen LogP contribution is 2.36. The number of carbonyl (C=O) groups is 3. The van der Waals surface area contributed by atoms with Gasteiger partial charge >= 0.3 is 11.9 Å². The van der Waals surface area contributed by atoms with Crippen molar-refractivity contribution in [3.63, 3.8) is 0 Å². The lowest BCUT2D eigenvalue weighted by Crippen LogP contribution is -2.32. The standard InChI is InChI=1S/C33H44N4O10.H2O/c1-4-5-6-7-16-33(24-34,25-11-8-12-26(22-25)44-3)17-10-19-36(2)20-15-27-28(13-9-14-29(27)47-32(41)31(39)40)45-23-30(38)35-18-21-46-37(42)43;/h8-9,11-14,22H,4-7,10,15-21,23H2,1-3H3,(H,35,38)(H,39,40);1H2. The Labute approximate surface area is 280 Å². The summed E-state index contributed by atoms with van der Waals surface area (Å²) in [4.78, 5) is 51.7. The van der Waals surface area contributed by atoms with E-state index in [-0.39, 0.29) is 36.5 Å². The number of nitriles is 1. The van der Waals surface area contributed by atoms with Crippen LogP contribution in [0.1, 0.15) is 63.0 Å². The molecular formula is C33H46N4O11. The van der Waals surface area contributed by atoms with Crippen LogP contribution in [0.3, 0.4) is 0 Å². The van der Waals surface area contributed by atoms with Crippen LogP contribution in [-0.2, 0) is 31.1 Å². The number of nitrogens with zero attached hydrogens (tertiary/aromatic N) is 3. The molecule has 1 amide bonds. The van der Waals surface area contributed by atoms with Crippen LogP contribution in [0.5, 0.6) is 17.2 Å². The first-order valence-electron chi connectivity index (χ1n) is 15.5. The number of hydrogen-bond donors (Lipinski definition) is 2. The molecule has 264 valence electrons. The second-order valence-corrected chi connectivity index (χ2v) is 11.0. The highest BCUT2D eigenvalue weighted by molar-refractivity contribution is 6.29. The number of benzene rings is 2. The third-order valence-corrected chi connectivity index (χ3v) is 7.63. The number of methoxy groups -OCH3 is 1. The Morgan fingerprint density at radius 2 is 1.77 bits per heavy atom. The maximum Gasteiger partial charge on any atom is 0.422 e. The maximum atomic E-state index is 12.2. The summed E-state index contributed by atoms with van der Waals surface area (Å²) in [7, 11) is 3.51. The summed E-state index contributed by atoms with van der Waals surface area (Å²) in [5, 5.41) is 31.2. The Balaban J connectivity index is 0.0000115. The number of carboxylic acid groups (broad SMARTS) is 1. The Hall–Kier alpha value is -4.94. The van der Waals surface area contributed by atoms with Crippen LogP contribution in [0.25, 0.3) is 0 Å². The van der Waals surface area contributed by atoms with Crippen LogP contribution in [0.2, 0.25) is 0 Å². The van der Waals surface area contributed by atoms with Crippen molar-refractivity contribution < 1.29 is 49.1 Å². The topological polar surface area (TPSA) is 222 Å². The first-order chi connectivity index (χ1) is 22.5. The summed E-state index contributed by atoms with van der Waals surface area (Å²) in [6.45, 7) is 2.36. The van der Waals surface area contributed by atoms with Gasteiger partial charge in [0.25, 0.3) is 11.0 Å². The van der Waals surface area contributed by atoms with Crippen molar-refractivity contribution in [3.05, 3.63) is 63.7 Å².